The predicted octanol–water partition coefficient (Wildman–Crippen LogP) is 3.24. The van der Waals surface area contributed by atoms with E-state index >= 15 is 0 Å². The summed E-state index contributed by atoms with van der Waals surface area (Å²) in [5.41, 5.74) is 6.55. The molecule has 134 valence electrons. The number of thiazole rings is 1. The smallest absolute Gasteiger partial charge is 0.270 e. The second-order valence-electron chi connectivity index (χ2n) is 6.49. The highest BCUT2D eigenvalue weighted by atomic mass is 35.5. The van der Waals surface area contributed by atoms with Crippen molar-refractivity contribution in [2.45, 2.75) is 31.2 Å². The van der Waals surface area contributed by atoms with Crippen LogP contribution in [0.25, 0.3) is 16.2 Å². The van der Waals surface area contributed by atoms with Gasteiger partial charge in [-0.1, -0.05) is 42.6 Å². The average Bonchev–Trinajstić information content (AvgIpc) is 3.30. The largest absolute Gasteiger partial charge is 0.368 e. The molecule has 0 saturated heterocycles. The van der Waals surface area contributed by atoms with Crippen LogP contribution in [0.5, 0.6) is 0 Å². The van der Waals surface area contributed by atoms with Gasteiger partial charge in [-0.3, -0.25) is 14.0 Å². The summed E-state index contributed by atoms with van der Waals surface area (Å²) in [5.74, 6) is -0.794. The molecule has 2 aromatic heterocycles. The predicted molar refractivity (Wildman–Crippen MR) is 101 cm³/mol. The minimum absolute atomic E-state index is 0.319. The van der Waals surface area contributed by atoms with Gasteiger partial charge in [0.2, 0.25) is 5.91 Å². The molecule has 0 radical (unpaired) electrons. The molecule has 3 aromatic rings. The first-order valence-electron chi connectivity index (χ1n) is 8.34. The number of primary amides is 1. The van der Waals surface area contributed by atoms with Crippen LogP contribution in [0.2, 0.25) is 5.02 Å². The second kappa shape index (κ2) is 6.41. The molecule has 1 saturated carbocycles. The van der Waals surface area contributed by atoms with Crippen LogP contribution in [-0.4, -0.2) is 26.7 Å². The Morgan fingerprint density at radius 1 is 1.27 bits per heavy atom. The Bertz CT molecular complexity index is 1000. The van der Waals surface area contributed by atoms with Crippen molar-refractivity contribution >= 4 is 39.7 Å². The zero-order valence-corrected chi connectivity index (χ0v) is 15.4. The Morgan fingerprint density at radius 2 is 2.00 bits per heavy atom. The number of rotatable bonds is 4. The van der Waals surface area contributed by atoms with Gasteiger partial charge in [0.05, 0.1) is 10.7 Å². The van der Waals surface area contributed by atoms with E-state index in [9.17, 15) is 9.59 Å². The van der Waals surface area contributed by atoms with Gasteiger partial charge >= 0.3 is 0 Å². The third kappa shape index (κ3) is 2.77. The van der Waals surface area contributed by atoms with Crippen LogP contribution in [0.3, 0.4) is 0 Å². The van der Waals surface area contributed by atoms with Gasteiger partial charge in [-0.2, -0.15) is 0 Å². The number of carbonyl (C=O) groups is 2. The van der Waals surface area contributed by atoms with E-state index in [1.165, 1.54) is 11.3 Å². The molecule has 2 amide bonds. The van der Waals surface area contributed by atoms with Crippen molar-refractivity contribution in [2.75, 3.05) is 0 Å². The van der Waals surface area contributed by atoms with Crippen LogP contribution in [0.1, 0.15) is 36.2 Å². The van der Waals surface area contributed by atoms with Gasteiger partial charge in [0.1, 0.15) is 11.2 Å². The third-order valence-corrected chi connectivity index (χ3v) is 6.04. The first-order valence-corrected chi connectivity index (χ1v) is 9.60. The Kier molecular flexibility index (Phi) is 4.20. The van der Waals surface area contributed by atoms with Crippen molar-refractivity contribution < 1.29 is 9.59 Å². The molecule has 1 fully saturated rings. The number of fused-ring (bicyclic) bond motifs is 1. The quantitative estimate of drug-likeness (QED) is 0.718. The average molecular weight is 389 g/mol. The Labute approximate surface area is 159 Å². The van der Waals surface area contributed by atoms with E-state index in [1.54, 1.807) is 22.0 Å². The van der Waals surface area contributed by atoms with Crippen LogP contribution in [0.4, 0.5) is 0 Å². The fourth-order valence-corrected chi connectivity index (χ4v) is 4.52. The molecular formula is C18H17ClN4O2S. The number of nitrogens with one attached hydrogen (secondary N) is 1. The maximum Gasteiger partial charge on any atom is 0.270 e. The zero-order chi connectivity index (χ0) is 18.3. The van der Waals surface area contributed by atoms with Crippen LogP contribution >= 0.6 is 22.9 Å². The van der Waals surface area contributed by atoms with Crippen molar-refractivity contribution in [3.8, 4) is 11.3 Å². The number of hydrogen-bond donors (Lipinski definition) is 2. The second-order valence-corrected chi connectivity index (χ2v) is 7.73. The lowest BCUT2D eigenvalue weighted by Gasteiger charge is -2.26. The number of aromatic nitrogens is 2. The highest BCUT2D eigenvalue weighted by Crippen LogP contribution is 2.31. The lowest BCUT2D eigenvalue weighted by Crippen LogP contribution is -2.55. The van der Waals surface area contributed by atoms with Crippen LogP contribution in [0.15, 0.2) is 35.8 Å². The molecule has 2 heterocycles. The van der Waals surface area contributed by atoms with E-state index in [4.69, 9.17) is 17.3 Å². The van der Waals surface area contributed by atoms with Gasteiger partial charge in [-0.05, 0) is 18.9 Å². The topological polar surface area (TPSA) is 89.5 Å². The van der Waals surface area contributed by atoms with E-state index in [0.29, 0.717) is 34.2 Å². The minimum Gasteiger partial charge on any atom is -0.368 e. The van der Waals surface area contributed by atoms with E-state index in [2.05, 4.69) is 10.3 Å². The number of benzene rings is 1. The Balaban J connectivity index is 1.68. The van der Waals surface area contributed by atoms with Gasteiger partial charge in [-0.25, -0.2) is 4.98 Å². The minimum atomic E-state index is -0.947. The molecule has 6 nitrogen and oxygen atoms in total. The summed E-state index contributed by atoms with van der Waals surface area (Å²) in [6.45, 7) is 0. The highest BCUT2D eigenvalue weighted by molar-refractivity contribution is 7.15. The molecule has 4 rings (SSSR count). The molecule has 1 aromatic carbocycles. The van der Waals surface area contributed by atoms with Crippen molar-refractivity contribution in [2.24, 2.45) is 5.73 Å². The van der Waals surface area contributed by atoms with Gasteiger partial charge in [0, 0.05) is 17.1 Å². The molecule has 0 spiro atoms. The lowest BCUT2D eigenvalue weighted by molar-refractivity contribution is -0.123. The lowest BCUT2D eigenvalue weighted by atomic mass is 9.96. The summed E-state index contributed by atoms with van der Waals surface area (Å²) in [6, 6.07) is 7.43. The number of carbonyl (C=O) groups excluding carboxylic acids is 2. The summed E-state index contributed by atoms with van der Waals surface area (Å²) in [4.78, 5) is 29.9. The van der Waals surface area contributed by atoms with Crippen LogP contribution in [-0.2, 0) is 4.79 Å². The molecule has 0 atom stereocenters. The molecule has 1 aliphatic rings. The van der Waals surface area contributed by atoms with E-state index in [1.807, 2.05) is 18.2 Å². The molecule has 8 heteroatoms. The molecule has 0 aliphatic heterocycles. The van der Waals surface area contributed by atoms with Crippen molar-refractivity contribution in [1.29, 1.82) is 0 Å². The normalized spacial score (nSPS) is 16.0. The van der Waals surface area contributed by atoms with Crippen molar-refractivity contribution in [3.63, 3.8) is 0 Å². The number of nitrogens with zero attached hydrogens (tertiary/aromatic N) is 2. The van der Waals surface area contributed by atoms with Gasteiger partial charge < -0.3 is 11.1 Å². The molecule has 1 aliphatic carbocycles. The fraction of sp³-hybridized carbons (Fsp3) is 0.278. The standard InChI is InChI=1S/C18H17ClN4O2S/c19-12-6-2-1-5-11(12)13-9-23-14(10-26-17(23)21-13)15(24)22-18(16(20)25)7-3-4-8-18/h1-2,5-6,9-10H,3-4,7-8H2,(H2,20,25)(H,22,24). The number of halogens is 1. The van der Waals surface area contributed by atoms with Gasteiger partial charge in [0.25, 0.3) is 5.91 Å². The first kappa shape index (κ1) is 17.1. The number of hydrogen-bond acceptors (Lipinski definition) is 4. The summed E-state index contributed by atoms with van der Waals surface area (Å²) < 4.78 is 1.72. The first-order chi connectivity index (χ1) is 12.5. The molecule has 26 heavy (non-hydrogen) atoms. The Morgan fingerprint density at radius 3 is 2.69 bits per heavy atom. The summed E-state index contributed by atoms with van der Waals surface area (Å²) in [6.07, 6.45) is 4.70. The Hall–Kier alpha value is -2.38. The monoisotopic (exact) mass is 388 g/mol. The van der Waals surface area contributed by atoms with Gasteiger partial charge in [0.15, 0.2) is 4.96 Å². The molecule has 3 N–H and O–H groups in total. The van der Waals surface area contributed by atoms with Crippen LogP contribution in [0, 0.1) is 0 Å². The number of nitrogens with two attached hydrogens (primary N) is 1. The van der Waals surface area contributed by atoms with Crippen molar-refractivity contribution in [3.05, 3.63) is 46.6 Å². The maximum absolute atomic E-state index is 12.8. The maximum atomic E-state index is 12.8. The van der Waals surface area contributed by atoms with Gasteiger partial charge in [-0.15, -0.1) is 11.3 Å². The van der Waals surface area contributed by atoms with E-state index < -0.39 is 11.4 Å². The number of imidazole rings is 1. The summed E-state index contributed by atoms with van der Waals surface area (Å²) in [5, 5.41) is 5.20. The van der Waals surface area contributed by atoms with E-state index in [0.717, 1.165) is 18.4 Å². The summed E-state index contributed by atoms with van der Waals surface area (Å²) in [7, 11) is 0. The van der Waals surface area contributed by atoms with E-state index in [-0.39, 0.29) is 5.91 Å². The molecular weight excluding hydrogens is 372 g/mol. The molecule has 0 unspecified atom stereocenters. The van der Waals surface area contributed by atoms with Crippen molar-refractivity contribution in [1.82, 2.24) is 14.7 Å². The molecule has 0 bridgehead atoms. The SMILES string of the molecule is NC(=O)C1(NC(=O)c2csc3nc(-c4ccccc4Cl)cn23)CCCC1. The van der Waals surface area contributed by atoms with Crippen LogP contribution < -0.4 is 11.1 Å². The number of amides is 2. The third-order valence-electron chi connectivity index (χ3n) is 4.87. The summed E-state index contributed by atoms with van der Waals surface area (Å²) >= 11 is 7.61. The zero-order valence-electron chi connectivity index (χ0n) is 13.9. The highest BCUT2D eigenvalue weighted by Gasteiger charge is 2.41. The fourth-order valence-electron chi connectivity index (χ4n) is 3.44.